The lowest BCUT2D eigenvalue weighted by atomic mass is 9.91. The minimum Gasteiger partial charge on any atom is -0.326 e. The number of carbonyl (C=O) groups excluding carboxylic acids is 1. The fourth-order valence-corrected chi connectivity index (χ4v) is 1.91. The average Bonchev–Trinajstić information content (AvgIpc) is 2.27. The molecule has 2 rings (SSSR count). The Morgan fingerprint density at radius 3 is 2.94 bits per heavy atom. The van der Waals surface area contributed by atoms with Crippen LogP contribution >= 0.6 is 0 Å². The molecule has 5 nitrogen and oxygen atoms in total. The van der Waals surface area contributed by atoms with E-state index >= 15 is 0 Å². The van der Waals surface area contributed by atoms with Crippen LogP contribution in [0.2, 0.25) is 0 Å². The summed E-state index contributed by atoms with van der Waals surface area (Å²) < 4.78 is 0. The molecule has 0 spiro atoms. The quantitative estimate of drug-likeness (QED) is 0.612. The Balaban J connectivity index is 2.37. The summed E-state index contributed by atoms with van der Waals surface area (Å²) in [6.07, 6.45) is 1.33. The van der Waals surface area contributed by atoms with Crippen LogP contribution in [-0.4, -0.2) is 10.8 Å². The molecule has 16 heavy (non-hydrogen) atoms. The van der Waals surface area contributed by atoms with Crippen LogP contribution in [0.4, 0.5) is 11.4 Å². The molecule has 0 aliphatic carbocycles. The number of carbonyl (C=O) groups is 1. The van der Waals surface area contributed by atoms with Crippen LogP contribution in [0.3, 0.4) is 0 Å². The fraction of sp³-hybridized carbons (Fsp3) is 0.364. The largest absolute Gasteiger partial charge is 0.326 e. The normalized spacial score (nSPS) is 18.8. The molecule has 1 heterocycles. The molecule has 1 atom stereocenters. The van der Waals surface area contributed by atoms with Gasteiger partial charge in [0.2, 0.25) is 5.91 Å². The van der Waals surface area contributed by atoms with Gasteiger partial charge in [-0.1, -0.05) is 6.92 Å². The summed E-state index contributed by atoms with van der Waals surface area (Å²) in [6, 6.07) is 4.54. The van der Waals surface area contributed by atoms with Crippen molar-refractivity contribution in [3.63, 3.8) is 0 Å². The highest BCUT2D eigenvalue weighted by Gasteiger charge is 2.25. The maximum absolute atomic E-state index is 11.6. The van der Waals surface area contributed by atoms with E-state index in [4.69, 9.17) is 0 Å². The third kappa shape index (κ3) is 1.76. The van der Waals surface area contributed by atoms with E-state index in [-0.39, 0.29) is 17.5 Å². The van der Waals surface area contributed by atoms with Crippen molar-refractivity contribution in [2.24, 2.45) is 5.92 Å². The Bertz CT molecular complexity index is 457. The molecule has 84 valence electrons. The van der Waals surface area contributed by atoms with Crippen LogP contribution in [0.15, 0.2) is 18.2 Å². The van der Waals surface area contributed by atoms with E-state index in [9.17, 15) is 14.9 Å². The summed E-state index contributed by atoms with van der Waals surface area (Å²) in [7, 11) is 0. The monoisotopic (exact) mass is 220 g/mol. The smallest absolute Gasteiger partial charge is 0.269 e. The van der Waals surface area contributed by atoms with E-state index in [0.29, 0.717) is 12.1 Å². The number of anilines is 1. The summed E-state index contributed by atoms with van der Waals surface area (Å²) in [5.41, 5.74) is 1.62. The van der Waals surface area contributed by atoms with E-state index < -0.39 is 4.92 Å². The molecule has 1 amide bonds. The SMILES string of the molecule is CCC1Cc2cc([N+](=O)[O-])ccc2NC1=O. The van der Waals surface area contributed by atoms with E-state index in [0.717, 1.165) is 12.0 Å². The molecule has 1 aliphatic rings. The molecule has 0 fully saturated rings. The van der Waals surface area contributed by atoms with Gasteiger partial charge in [-0.05, 0) is 24.5 Å². The summed E-state index contributed by atoms with van der Waals surface area (Å²) in [4.78, 5) is 21.8. The Morgan fingerprint density at radius 2 is 2.31 bits per heavy atom. The van der Waals surface area contributed by atoms with Crippen molar-refractivity contribution in [2.75, 3.05) is 5.32 Å². The van der Waals surface area contributed by atoms with E-state index in [2.05, 4.69) is 5.32 Å². The van der Waals surface area contributed by atoms with Crippen LogP contribution in [0.1, 0.15) is 18.9 Å². The zero-order valence-electron chi connectivity index (χ0n) is 8.90. The molecule has 0 saturated carbocycles. The number of benzene rings is 1. The van der Waals surface area contributed by atoms with Gasteiger partial charge in [0.25, 0.3) is 5.69 Å². The van der Waals surface area contributed by atoms with Crippen LogP contribution in [0.5, 0.6) is 0 Å². The van der Waals surface area contributed by atoms with Crippen molar-refractivity contribution in [2.45, 2.75) is 19.8 Å². The number of rotatable bonds is 2. The number of non-ortho nitro benzene ring substituents is 1. The van der Waals surface area contributed by atoms with Crippen LogP contribution in [0.25, 0.3) is 0 Å². The highest BCUT2D eigenvalue weighted by atomic mass is 16.6. The van der Waals surface area contributed by atoms with Gasteiger partial charge in [0.1, 0.15) is 0 Å². The van der Waals surface area contributed by atoms with Gasteiger partial charge < -0.3 is 5.32 Å². The lowest BCUT2D eigenvalue weighted by Gasteiger charge is -2.23. The van der Waals surface area contributed by atoms with Gasteiger partial charge in [0.05, 0.1) is 4.92 Å². The molecule has 0 radical (unpaired) electrons. The second-order valence-electron chi connectivity index (χ2n) is 3.90. The number of nitrogens with zero attached hydrogens (tertiary/aromatic N) is 1. The summed E-state index contributed by atoms with van der Waals surface area (Å²) in [5.74, 6) is -0.0710. The number of nitrogens with one attached hydrogen (secondary N) is 1. The molecule has 1 unspecified atom stereocenters. The van der Waals surface area contributed by atoms with Crippen LogP contribution < -0.4 is 5.32 Å². The minimum atomic E-state index is -0.419. The predicted octanol–water partition coefficient (Wildman–Crippen LogP) is 2.12. The van der Waals surface area contributed by atoms with E-state index in [1.165, 1.54) is 12.1 Å². The molecule has 1 aliphatic heterocycles. The number of hydrogen-bond donors (Lipinski definition) is 1. The molecule has 0 aromatic heterocycles. The summed E-state index contributed by atoms with van der Waals surface area (Å²) in [6.45, 7) is 1.94. The third-order valence-corrected chi connectivity index (χ3v) is 2.89. The Morgan fingerprint density at radius 1 is 1.56 bits per heavy atom. The number of amides is 1. The van der Waals surface area contributed by atoms with E-state index in [1.54, 1.807) is 6.07 Å². The number of nitro benzene ring substituents is 1. The first-order valence-electron chi connectivity index (χ1n) is 5.20. The first kappa shape index (κ1) is 10.6. The predicted molar refractivity (Wildman–Crippen MR) is 59.2 cm³/mol. The first-order chi connectivity index (χ1) is 7.61. The Kier molecular flexibility index (Phi) is 2.60. The zero-order valence-corrected chi connectivity index (χ0v) is 8.90. The molecule has 0 bridgehead atoms. The molecule has 5 heteroatoms. The van der Waals surface area contributed by atoms with Crippen LogP contribution in [-0.2, 0) is 11.2 Å². The standard InChI is InChI=1S/C11H12N2O3/c1-2-7-5-8-6-9(13(15)16)3-4-10(8)12-11(7)14/h3-4,6-7H,2,5H2,1H3,(H,12,14). The lowest BCUT2D eigenvalue weighted by molar-refractivity contribution is -0.384. The topological polar surface area (TPSA) is 72.2 Å². The van der Waals surface area contributed by atoms with Gasteiger partial charge >= 0.3 is 0 Å². The van der Waals surface area contributed by atoms with Gasteiger partial charge in [0.15, 0.2) is 0 Å². The van der Waals surface area contributed by atoms with E-state index in [1.807, 2.05) is 6.92 Å². The second-order valence-corrected chi connectivity index (χ2v) is 3.90. The van der Waals surface area contributed by atoms with Crippen molar-refractivity contribution >= 4 is 17.3 Å². The zero-order chi connectivity index (χ0) is 11.7. The molecule has 1 N–H and O–H groups in total. The summed E-state index contributed by atoms with van der Waals surface area (Å²) >= 11 is 0. The van der Waals surface area contributed by atoms with Gasteiger partial charge in [0, 0.05) is 23.7 Å². The molecular formula is C11H12N2O3. The fourth-order valence-electron chi connectivity index (χ4n) is 1.91. The maximum atomic E-state index is 11.6. The molecule has 1 aromatic carbocycles. The van der Waals surface area contributed by atoms with Crippen molar-refractivity contribution in [1.82, 2.24) is 0 Å². The molecule has 0 saturated heterocycles. The van der Waals surface area contributed by atoms with Crippen molar-refractivity contribution in [3.05, 3.63) is 33.9 Å². The highest BCUT2D eigenvalue weighted by Crippen LogP contribution is 2.29. The van der Waals surface area contributed by atoms with Gasteiger partial charge in [-0.25, -0.2) is 0 Å². The highest BCUT2D eigenvalue weighted by molar-refractivity contribution is 5.95. The van der Waals surface area contributed by atoms with Crippen LogP contribution in [0, 0.1) is 16.0 Å². The van der Waals surface area contributed by atoms with Crippen molar-refractivity contribution in [1.29, 1.82) is 0 Å². The maximum Gasteiger partial charge on any atom is 0.269 e. The third-order valence-electron chi connectivity index (χ3n) is 2.89. The number of fused-ring (bicyclic) bond motifs is 1. The Labute approximate surface area is 92.6 Å². The van der Waals surface area contributed by atoms with Crippen molar-refractivity contribution in [3.8, 4) is 0 Å². The van der Waals surface area contributed by atoms with Crippen molar-refractivity contribution < 1.29 is 9.72 Å². The average molecular weight is 220 g/mol. The lowest BCUT2D eigenvalue weighted by Crippen LogP contribution is -2.29. The first-order valence-corrected chi connectivity index (χ1v) is 5.20. The minimum absolute atomic E-state index is 0.00357. The molecule has 1 aromatic rings. The molecular weight excluding hydrogens is 208 g/mol. The summed E-state index contributed by atoms with van der Waals surface area (Å²) in [5, 5.41) is 13.4. The van der Waals surface area contributed by atoms with Gasteiger partial charge in [-0.15, -0.1) is 0 Å². The van der Waals surface area contributed by atoms with Gasteiger partial charge in [-0.2, -0.15) is 0 Å². The second kappa shape index (κ2) is 3.92. The Hall–Kier alpha value is -1.91. The number of nitro groups is 1. The number of hydrogen-bond acceptors (Lipinski definition) is 3. The van der Waals surface area contributed by atoms with Gasteiger partial charge in [-0.3, -0.25) is 14.9 Å².